The summed E-state index contributed by atoms with van der Waals surface area (Å²) in [5.41, 5.74) is 16.4. The van der Waals surface area contributed by atoms with E-state index in [9.17, 15) is 0 Å². The number of aryl methyl sites for hydroxylation is 1. The molecule has 3 heteroatoms. The fourth-order valence-corrected chi connectivity index (χ4v) is 8.76. The highest BCUT2D eigenvalue weighted by molar-refractivity contribution is 6.11. The standard InChI is InChI=1S/C55H39N3/c1-38-20-24-43(25-21-38)56(44-26-30-46(31-27-44)57-52-18-10-8-16-48(52)50-34-22-41(36-54(50)57)39-12-4-2-5-13-39)45-28-32-47(33-29-45)58-53-19-11-9-17-49(53)51-35-23-42(37-55(51)58)40-14-6-3-7-15-40/h2-37H,1H3. The maximum absolute atomic E-state index is 2.40. The lowest BCUT2D eigenvalue weighted by atomic mass is 10.0. The van der Waals surface area contributed by atoms with Crippen LogP contribution in [0.15, 0.2) is 218 Å². The molecule has 0 aliphatic rings. The molecule has 11 aromatic rings. The summed E-state index contributed by atoms with van der Waals surface area (Å²) in [6.07, 6.45) is 0. The van der Waals surface area contributed by atoms with Crippen LogP contribution in [0.3, 0.4) is 0 Å². The summed E-state index contributed by atoms with van der Waals surface area (Å²) in [7, 11) is 0. The summed E-state index contributed by atoms with van der Waals surface area (Å²) < 4.78 is 4.81. The molecule has 9 aromatic carbocycles. The third kappa shape index (κ3) is 5.67. The highest BCUT2D eigenvalue weighted by Gasteiger charge is 2.18. The SMILES string of the molecule is Cc1ccc(N(c2ccc(-n3c4ccccc4c4ccc(-c5ccccc5)cc43)cc2)c2ccc(-n3c4ccccc4c4ccc(-c5ccccc5)cc43)cc2)cc1. The lowest BCUT2D eigenvalue weighted by molar-refractivity contribution is 1.17. The highest BCUT2D eigenvalue weighted by atomic mass is 15.1. The second-order valence-corrected chi connectivity index (χ2v) is 15.1. The minimum absolute atomic E-state index is 1.09. The molecule has 0 radical (unpaired) electrons. The van der Waals surface area contributed by atoms with Crippen molar-refractivity contribution in [2.45, 2.75) is 6.92 Å². The molecule has 0 atom stereocenters. The zero-order valence-corrected chi connectivity index (χ0v) is 32.1. The predicted molar refractivity (Wildman–Crippen MR) is 245 cm³/mol. The third-order valence-electron chi connectivity index (χ3n) is 11.6. The van der Waals surface area contributed by atoms with Crippen LogP contribution in [0.2, 0.25) is 0 Å². The van der Waals surface area contributed by atoms with E-state index >= 15 is 0 Å². The highest BCUT2D eigenvalue weighted by Crippen LogP contribution is 2.40. The second kappa shape index (κ2) is 13.8. The minimum atomic E-state index is 1.09. The van der Waals surface area contributed by atoms with Crippen molar-refractivity contribution in [3.8, 4) is 33.6 Å². The van der Waals surface area contributed by atoms with Gasteiger partial charge in [-0.3, -0.25) is 0 Å². The van der Waals surface area contributed by atoms with E-state index in [1.165, 1.54) is 71.4 Å². The quantitative estimate of drug-likeness (QED) is 0.159. The predicted octanol–water partition coefficient (Wildman–Crippen LogP) is 15.0. The van der Waals surface area contributed by atoms with Gasteiger partial charge in [0.15, 0.2) is 0 Å². The maximum Gasteiger partial charge on any atom is 0.0547 e. The van der Waals surface area contributed by atoms with Crippen molar-refractivity contribution in [1.29, 1.82) is 0 Å². The Labute approximate surface area is 337 Å². The van der Waals surface area contributed by atoms with Crippen LogP contribution in [0.1, 0.15) is 5.56 Å². The molecule has 0 fully saturated rings. The van der Waals surface area contributed by atoms with Gasteiger partial charge < -0.3 is 14.0 Å². The number of rotatable bonds is 7. The molecule has 58 heavy (non-hydrogen) atoms. The monoisotopic (exact) mass is 741 g/mol. The summed E-state index contributed by atoms with van der Waals surface area (Å²) in [5.74, 6) is 0. The van der Waals surface area contributed by atoms with Gasteiger partial charge in [-0.1, -0.05) is 139 Å². The van der Waals surface area contributed by atoms with Crippen molar-refractivity contribution in [2.24, 2.45) is 0 Å². The van der Waals surface area contributed by atoms with Gasteiger partial charge in [0, 0.05) is 50.0 Å². The molecular weight excluding hydrogens is 703 g/mol. The van der Waals surface area contributed by atoms with Gasteiger partial charge in [-0.15, -0.1) is 0 Å². The molecule has 2 heterocycles. The Bertz CT molecular complexity index is 3050. The Hall–Kier alpha value is -7.62. The van der Waals surface area contributed by atoms with Crippen LogP contribution >= 0.6 is 0 Å². The van der Waals surface area contributed by atoms with E-state index in [1.54, 1.807) is 0 Å². The van der Waals surface area contributed by atoms with Crippen molar-refractivity contribution in [1.82, 2.24) is 9.13 Å². The number of para-hydroxylation sites is 2. The van der Waals surface area contributed by atoms with Gasteiger partial charge >= 0.3 is 0 Å². The summed E-state index contributed by atoms with van der Waals surface area (Å²) in [5, 5.41) is 5.00. The van der Waals surface area contributed by atoms with Crippen molar-refractivity contribution >= 4 is 60.7 Å². The molecule has 0 N–H and O–H groups in total. The summed E-state index contributed by atoms with van der Waals surface area (Å²) >= 11 is 0. The Morgan fingerprint density at radius 3 is 1.09 bits per heavy atom. The van der Waals surface area contributed by atoms with Crippen LogP contribution in [-0.2, 0) is 0 Å². The van der Waals surface area contributed by atoms with E-state index in [4.69, 9.17) is 0 Å². The number of anilines is 3. The molecular formula is C55H39N3. The lowest BCUT2D eigenvalue weighted by Gasteiger charge is -2.26. The number of hydrogen-bond donors (Lipinski definition) is 0. The average Bonchev–Trinajstić information content (AvgIpc) is 3.80. The number of nitrogens with zero attached hydrogens (tertiary/aromatic N) is 3. The first-order valence-corrected chi connectivity index (χ1v) is 19.9. The summed E-state index contributed by atoms with van der Waals surface area (Å²) in [6, 6.07) is 79.3. The van der Waals surface area contributed by atoms with E-state index in [0.29, 0.717) is 0 Å². The molecule has 0 aliphatic heterocycles. The molecule has 0 amide bonds. The summed E-state index contributed by atoms with van der Waals surface area (Å²) in [4.78, 5) is 2.35. The third-order valence-corrected chi connectivity index (χ3v) is 11.6. The summed E-state index contributed by atoms with van der Waals surface area (Å²) in [6.45, 7) is 2.14. The van der Waals surface area contributed by atoms with E-state index in [2.05, 4.69) is 239 Å². The Morgan fingerprint density at radius 1 is 0.293 bits per heavy atom. The normalized spacial score (nSPS) is 11.5. The van der Waals surface area contributed by atoms with Gasteiger partial charge in [-0.05, 0) is 114 Å². The van der Waals surface area contributed by atoms with E-state index in [-0.39, 0.29) is 0 Å². The molecule has 0 bridgehead atoms. The average molecular weight is 742 g/mol. The first-order valence-electron chi connectivity index (χ1n) is 19.9. The van der Waals surface area contributed by atoms with Crippen LogP contribution in [0, 0.1) is 6.92 Å². The zero-order chi connectivity index (χ0) is 38.6. The minimum Gasteiger partial charge on any atom is -0.311 e. The molecule has 0 saturated carbocycles. The molecule has 11 rings (SSSR count). The van der Waals surface area contributed by atoms with Crippen LogP contribution < -0.4 is 4.90 Å². The first kappa shape index (κ1) is 33.7. The molecule has 0 spiro atoms. The fraction of sp³-hybridized carbons (Fsp3) is 0.0182. The van der Waals surface area contributed by atoms with Gasteiger partial charge in [-0.2, -0.15) is 0 Å². The molecule has 0 aliphatic carbocycles. The van der Waals surface area contributed by atoms with E-state index in [0.717, 1.165) is 28.4 Å². The Balaban J connectivity index is 1.02. The molecule has 0 unspecified atom stereocenters. The number of hydrogen-bond acceptors (Lipinski definition) is 1. The van der Waals surface area contributed by atoms with Crippen molar-refractivity contribution in [3.05, 3.63) is 224 Å². The van der Waals surface area contributed by atoms with Crippen LogP contribution in [0.5, 0.6) is 0 Å². The van der Waals surface area contributed by atoms with E-state index < -0.39 is 0 Å². The largest absolute Gasteiger partial charge is 0.311 e. The number of aromatic nitrogens is 2. The molecule has 0 saturated heterocycles. The van der Waals surface area contributed by atoms with Gasteiger partial charge in [0.2, 0.25) is 0 Å². The van der Waals surface area contributed by atoms with Gasteiger partial charge in [0.05, 0.1) is 22.1 Å². The van der Waals surface area contributed by atoms with E-state index in [1.807, 2.05) is 0 Å². The number of benzene rings is 9. The smallest absolute Gasteiger partial charge is 0.0547 e. The zero-order valence-electron chi connectivity index (χ0n) is 32.1. The van der Waals surface area contributed by atoms with Crippen molar-refractivity contribution in [3.63, 3.8) is 0 Å². The Morgan fingerprint density at radius 2 is 0.655 bits per heavy atom. The second-order valence-electron chi connectivity index (χ2n) is 15.1. The number of fused-ring (bicyclic) bond motifs is 6. The fourth-order valence-electron chi connectivity index (χ4n) is 8.76. The van der Waals surface area contributed by atoms with Crippen molar-refractivity contribution in [2.75, 3.05) is 4.90 Å². The lowest BCUT2D eigenvalue weighted by Crippen LogP contribution is -2.10. The molecule has 274 valence electrons. The van der Waals surface area contributed by atoms with Crippen molar-refractivity contribution < 1.29 is 0 Å². The Kier molecular flexibility index (Phi) is 8.04. The first-order chi connectivity index (χ1) is 28.7. The van der Waals surface area contributed by atoms with Crippen LogP contribution in [-0.4, -0.2) is 9.13 Å². The topological polar surface area (TPSA) is 13.1 Å². The van der Waals surface area contributed by atoms with Gasteiger partial charge in [-0.25, -0.2) is 0 Å². The van der Waals surface area contributed by atoms with Crippen LogP contribution in [0.25, 0.3) is 77.2 Å². The van der Waals surface area contributed by atoms with Gasteiger partial charge in [0.25, 0.3) is 0 Å². The molecule has 3 nitrogen and oxygen atoms in total. The maximum atomic E-state index is 2.40. The van der Waals surface area contributed by atoms with Gasteiger partial charge in [0.1, 0.15) is 0 Å². The molecule has 2 aromatic heterocycles. The van der Waals surface area contributed by atoms with Crippen LogP contribution in [0.4, 0.5) is 17.1 Å².